The van der Waals surface area contributed by atoms with Gasteiger partial charge in [-0.25, -0.2) is 4.79 Å². The minimum Gasteiger partial charge on any atom is -0.465 e. The van der Waals surface area contributed by atoms with Crippen LogP contribution < -0.4 is 10.2 Å². The van der Waals surface area contributed by atoms with Gasteiger partial charge in [0.25, 0.3) is 0 Å². The van der Waals surface area contributed by atoms with Gasteiger partial charge in [0.2, 0.25) is 0 Å². The highest BCUT2D eigenvalue weighted by Gasteiger charge is 2.38. The average Bonchev–Trinajstić information content (AvgIpc) is 3.13. The number of rotatable bonds is 4. The maximum absolute atomic E-state index is 13.1. The van der Waals surface area contributed by atoms with Crippen molar-refractivity contribution in [1.82, 2.24) is 5.32 Å². The Morgan fingerprint density at radius 2 is 1.77 bits per heavy atom. The molecular weight excluding hydrogens is 434 g/mol. The van der Waals surface area contributed by atoms with E-state index in [-0.39, 0.29) is 30.3 Å². The lowest BCUT2D eigenvalue weighted by Crippen LogP contribution is -2.45. The van der Waals surface area contributed by atoms with Crippen LogP contribution in [0.15, 0.2) is 29.6 Å². The van der Waals surface area contributed by atoms with E-state index in [1.54, 1.807) is 11.4 Å². The second-order valence-corrected chi connectivity index (χ2v) is 7.92. The highest BCUT2D eigenvalue weighted by Crippen LogP contribution is 2.42. The van der Waals surface area contributed by atoms with Crippen molar-refractivity contribution in [1.29, 1.82) is 0 Å². The Bertz CT molecular complexity index is 892. The predicted molar refractivity (Wildman–Crippen MR) is 99.5 cm³/mol. The van der Waals surface area contributed by atoms with E-state index in [2.05, 4.69) is 5.32 Å². The van der Waals surface area contributed by atoms with Crippen molar-refractivity contribution in [3.05, 3.63) is 51.2 Å². The van der Waals surface area contributed by atoms with Gasteiger partial charge in [-0.15, -0.1) is 11.3 Å². The number of carboxylic acid groups (broad SMARTS) is 1. The van der Waals surface area contributed by atoms with Gasteiger partial charge in [0.15, 0.2) is 0 Å². The van der Waals surface area contributed by atoms with Crippen LogP contribution in [-0.2, 0) is 18.9 Å². The van der Waals surface area contributed by atoms with Crippen LogP contribution in [0.25, 0.3) is 0 Å². The Labute approximate surface area is 172 Å². The van der Waals surface area contributed by atoms with Crippen molar-refractivity contribution in [2.75, 3.05) is 4.90 Å². The molecule has 0 fully saturated rings. The van der Waals surface area contributed by atoms with Crippen molar-refractivity contribution in [3.8, 4) is 0 Å². The zero-order valence-corrected chi connectivity index (χ0v) is 16.5. The van der Waals surface area contributed by atoms with E-state index in [1.165, 1.54) is 16.2 Å². The van der Waals surface area contributed by atoms with Crippen molar-refractivity contribution in [2.45, 2.75) is 50.7 Å². The Morgan fingerprint density at radius 1 is 1.17 bits per heavy atom. The van der Waals surface area contributed by atoms with E-state index in [9.17, 15) is 36.2 Å². The third-order valence-corrected chi connectivity index (χ3v) is 6.02. The van der Waals surface area contributed by atoms with Crippen molar-refractivity contribution < 1.29 is 36.2 Å². The maximum atomic E-state index is 13.1. The van der Waals surface area contributed by atoms with Crippen molar-refractivity contribution in [3.63, 3.8) is 0 Å². The maximum Gasteiger partial charge on any atom is 0.416 e. The smallest absolute Gasteiger partial charge is 0.416 e. The fourth-order valence-electron chi connectivity index (χ4n) is 3.60. The standard InChI is InChI=1S/C19H18F6N2O2S/c1-2-13-8-14(16-15(3-4-30-16)27(13)17(28)29)26-9-10-5-11(18(20,21)22)7-12(6-10)19(23,24)25/h3-7,13-14,26H,2,8-9H2,1H3,(H,28,29). The van der Waals surface area contributed by atoms with E-state index in [4.69, 9.17) is 0 Å². The molecule has 3 rings (SSSR count). The van der Waals surface area contributed by atoms with Gasteiger partial charge in [-0.3, -0.25) is 4.90 Å². The highest BCUT2D eigenvalue weighted by atomic mass is 32.1. The number of carbonyl (C=O) groups is 1. The van der Waals surface area contributed by atoms with E-state index in [0.717, 1.165) is 0 Å². The fourth-order valence-corrected chi connectivity index (χ4v) is 4.58. The molecule has 11 heteroatoms. The van der Waals surface area contributed by atoms with Crippen LogP contribution >= 0.6 is 11.3 Å². The number of alkyl halides is 6. The van der Waals surface area contributed by atoms with E-state index in [0.29, 0.717) is 35.5 Å². The summed E-state index contributed by atoms with van der Waals surface area (Å²) in [5, 5.41) is 14.2. The summed E-state index contributed by atoms with van der Waals surface area (Å²) in [7, 11) is 0. The Morgan fingerprint density at radius 3 is 2.27 bits per heavy atom. The molecule has 1 aromatic carbocycles. The van der Waals surface area contributed by atoms with Gasteiger partial charge in [0.05, 0.1) is 16.8 Å². The minimum absolute atomic E-state index is 0.0966. The third kappa shape index (κ3) is 4.56. The largest absolute Gasteiger partial charge is 0.465 e. The molecule has 2 N–H and O–H groups in total. The number of amides is 1. The molecule has 2 heterocycles. The monoisotopic (exact) mass is 452 g/mol. The van der Waals surface area contributed by atoms with Gasteiger partial charge >= 0.3 is 18.4 Å². The van der Waals surface area contributed by atoms with Crippen LogP contribution in [0, 0.1) is 0 Å². The molecule has 2 atom stereocenters. The van der Waals surface area contributed by atoms with Gasteiger partial charge in [0.1, 0.15) is 0 Å². The average molecular weight is 452 g/mol. The summed E-state index contributed by atoms with van der Waals surface area (Å²) in [4.78, 5) is 13.6. The molecule has 1 aliphatic rings. The number of anilines is 1. The predicted octanol–water partition coefficient (Wildman–Crippen LogP) is 6.28. The minimum atomic E-state index is -4.91. The van der Waals surface area contributed by atoms with Gasteiger partial charge in [0, 0.05) is 23.5 Å². The Hall–Kier alpha value is -2.27. The molecule has 1 amide bonds. The zero-order valence-electron chi connectivity index (χ0n) is 15.6. The summed E-state index contributed by atoms with van der Waals surface area (Å²) in [6, 6.07) is 2.40. The Kier molecular flexibility index (Phi) is 6.06. The van der Waals surface area contributed by atoms with E-state index in [1.807, 2.05) is 6.92 Å². The van der Waals surface area contributed by atoms with Gasteiger partial charge in [-0.1, -0.05) is 6.92 Å². The third-order valence-electron chi connectivity index (χ3n) is 5.00. The molecule has 2 unspecified atom stereocenters. The molecule has 0 saturated heterocycles. The quantitative estimate of drug-likeness (QED) is 0.537. The number of halogens is 6. The molecule has 4 nitrogen and oxygen atoms in total. The van der Waals surface area contributed by atoms with Crippen molar-refractivity contribution >= 4 is 23.1 Å². The number of benzene rings is 1. The molecule has 0 aliphatic carbocycles. The molecule has 1 aromatic heterocycles. The molecule has 0 spiro atoms. The van der Waals surface area contributed by atoms with Crippen LogP contribution in [0.5, 0.6) is 0 Å². The number of hydrogen-bond donors (Lipinski definition) is 2. The second kappa shape index (κ2) is 8.10. The molecule has 30 heavy (non-hydrogen) atoms. The lowest BCUT2D eigenvalue weighted by Gasteiger charge is -2.37. The summed E-state index contributed by atoms with van der Waals surface area (Å²) in [5.41, 5.74) is -2.39. The van der Waals surface area contributed by atoms with Crippen LogP contribution in [0.3, 0.4) is 0 Å². The first kappa shape index (κ1) is 22.4. The van der Waals surface area contributed by atoms with Gasteiger partial charge in [-0.05, 0) is 48.1 Å². The van der Waals surface area contributed by atoms with Crippen LogP contribution in [0.4, 0.5) is 36.8 Å². The number of hydrogen-bond acceptors (Lipinski definition) is 3. The molecule has 1 aliphatic heterocycles. The summed E-state index contributed by atoms with van der Waals surface area (Å²) in [6.45, 7) is 1.59. The van der Waals surface area contributed by atoms with Gasteiger partial charge < -0.3 is 10.4 Å². The van der Waals surface area contributed by atoms with E-state index >= 15 is 0 Å². The summed E-state index contributed by atoms with van der Waals surface area (Å²) >= 11 is 1.29. The Balaban J connectivity index is 1.88. The molecule has 164 valence electrons. The SMILES string of the molecule is CCC1CC(NCc2cc(C(F)(F)F)cc(C(F)(F)F)c2)c2sccc2N1C(=O)O. The first-order valence-corrected chi connectivity index (χ1v) is 9.91. The zero-order chi connectivity index (χ0) is 22.3. The first-order valence-electron chi connectivity index (χ1n) is 9.03. The number of thiophene rings is 1. The summed E-state index contributed by atoms with van der Waals surface area (Å²) < 4.78 is 78.3. The molecule has 0 radical (unpaired) electrons. The number of nitrogens with one attached hydrogen (secondary N) is 1. The lowest BCUT2D eigenvalue weighted by atomic mass is 9.95. The number of fused-ring (bicyclic) bond motifs is 1. The molecule has 0 bridgehead atoms. The van der Waals surface area contributed by atoms with E-state index < -0.39 is 29.6 Å². The molecule has 2 aromatic rings. The van der Waals surface area contributed by atoms with Crippen LogP contribution in [0.2, 0.25) is 0 Å². The summed E-state index contributed by atoms with van der Waals surface area (Å²) in [5.74, 6) is 0. The van der Waals surface area contributed by atoms with Crippen molar-refractivity contribution in [2.24, 2.45) is 0 Å². The lowest BCUT2D eigenvalue weighted by molar-refractivity contribution is -0.143. The fraction of sp³-hybridized carbons (Fsp3) is 0.421. The normalized spacial score (nSPS) is 19.6. The second-order valence-electron chi connectivity index (χ2n) is 6.97. The highest BCUT2D eigenvalue weighted by molar-refractivity contribution is 7.10. The topological polar surface area (TPSA) is 52.6 Å². The van der Waals surface area contributed by atoms with Crippen LogP contribution in [-0.4, -0.2) is 17.2 Å². The first-order chi connectivity index (χ1) is 13.9. The molecule has 0 saturated carbocycles. The summed E-state index contributed by atoms with van der Waals surface area (Å²) in [6.07, 6.45) is -10.0. The van der Waals surface area contributed by atoms with Gasteiger partial charge in [-0.2, -0.15) is 26.3 Å². The van der Waals surface area contributed by atoms with Crippen LogP contribution in [0.1, 0.15) is 47.4 Å². The molecular formula is C19H18F6N2O2S. The number of nitrogens with zero attached hydrogens (tertiary/aromatic N) is 1.